The van der Waals surface area contributed by atoms with E-state index in [-0.39, 0.29) is 18.0 Å². The van der Waals surface area contributed by atoms with Gasteiger partial charge in [0.05, 0.1) is 31.3 Å². The maximum absolute atomic E-state index is 12.9. The van der Waals surface area contributed by atoms with E-state index in [1.807, 2.05) is 59.7 Å². The molecule has 0 bridgehead atoms. The predicted octanol–water partition coefficient (Wildman–Crippen LogP) is 4.12. The van der Waals surface area contributed by atoms with Gasteiger partial charge in [-0.05, 0) is 24.2 Å². The largest absolute Gasteiger partial charge is 0.495 e. The molecule has 0 unspecified atom stereocenters. The summed E-state index contributed by atoms with van der Waals surface area (Å²) in [5.41, 5.74) is 2.33. The Morgan fingerprint density at radius 1 is 1.16 bits per heavy atom. The first-order chi connectivity index (χ1) is 15.6. The number of hydrogen-bond acceptors (Lipinski definition) is 6. The highest BCUT2D eigenvalue weighted by Crippen LogP contribution is 2.30. The van der Waals surface area contributed by atoms with E-state index in [0.717, 1.165) is 11.1 Å². The Balaban J connectivity index is 1.50. The molecule has 164 valence electrons. The lowest BCUT2D eigenvalue weighted by molar-refractivity contribution is -0.117. The second-order valence-corrected chi connectivity index (χ2v) is 8.12. The number of hydrogen-bond donors (Lipinski definition) is 2. The number of thiophene rings is 1. The van der Waals surface area contributed by atoms with E-state index in [0.29, 0.717) is 40.6 Å². The molecular weight excluding hydrogens is 424 g/mol. The molecule has 8 heteroatoms. The molecule has 7 nitrogen and oxygen atoms in total. The number of fused-ring (bicyclic) bond motifs is 1. The smallest absolute Gasteiger partial charge is 0.260 e. The molecule has 0 saturated heterocycles. The highest BCUT2D eigenvalue weighted by molar-refractivity contribution is 7.17. The molecule has 32 heavy (non-hydrogen) atoms. The highest BCUT2D eigenvalue weighted by Gasteiger charge is 2.16. The molecule has 0 aliphatic carbocycles. The number of anilines is 1. The van der Waals surface area contributed by atoms with E-state index in [4.69, 9.17) is 4.74 Å². The van der Waals surface area contributed by atoms with Crippen LogP contribution in [-0.2, 0) is 11.3 Å². The second kappa shape index (κ2) is 9.76. The number of carbonyl (C=O) groups excluding carboxylic acids is 1. The molecule has 0 aliphatic rings. The number of amides is 1. The standard InChI is InChI=1S/C24H24N4O3S/c1-3-28(14-21(29)25-18-11-7-8-12-19(18)31-2)13-20-26-23(30)22-17(15-32-24(22)27-20)16-9-5-4-6-10-16/h4-12,15H,3,13-14H2,1-2H3,(H,25,29)(H,26,27,30). The van der Waals surface area contributed by atoms with Crippen molar-refractivity contribution in [2.24, 2.45) is 0 Å². The van der Waals surface area contributed by atoms with Crippen LogP contribution in [0.5, 0.6) is 5.75 Å². The minimum atomic E-state index is -0.167. The van der Waals surface area contributed by atoms with Gasteiger partial charge in [0.15, 0.2) is 0 Å². The molecule has 4 aromatic rings. The highest BCUT2D eigenvalue weighted by atomic mass is 32.1. The zero-order valence-electron chi connectivity index (χ0n) is 17.9. The summed E-state index contributed by atoms with van der Waals surface area (Å²) < 4.78 is 5.28. The number of ether oxygens (including phenoxy) is 1. The SMILES string of the molecule is CCN(CC(=O)Nc1ccccc1OC)Cc1nc2scc(-c3ccccc3)c2c(=O)[nH]1. The van der Waals surface area contributed by atoms with Gasteiger partial charge in [-0.1, -0.05) is 49.4 Å². The Kier molecular flexibility index (Phi) is 6.63. The van der Waals surface area contributed by atoms with Crippen LogP contribution >= 0.6 is 11.3 Å². The Labute approximate surface area is 189 Å². The molecule has 1 amide bonds. The van der Waals surface area contributed by atoms with E-state index < -0.39 is 0 Å². The summed E-state index contributed by atoms with van der Waals surface area (Å²) in [7, 11) is 1.56. The van der Waals surface area contributed by atoms with Crippen molar-refractivity contribution in [3.63, 3.8) is 0 Å². The number of benzene rings is 2. The van der Waals surface area contributed by atoms with Gasteiger partial charge in [-0.15, -0.1) is 11.3 Å². The van der Waals surface area contributed by atoms with Gasteiger partial charge in [0.25, 0.3) is 5.56 Å². The first-order valence-corrected chi connectivity index (χ1v) is 11.2. The number of aromatic amines is 1. The lowest BCUT2D eigenvalue weighted by Crippen LogP contribution is -2.33. The molecule has 0 radical (unpaired) electrons. The lowest BCUT2D eigenvalue weighted by Gasteiger charge is -2.19. The topological polar surface area (TPSA) is 87.3 Å². The third kappa shape index (κ3) is 4.71. The molecule has 0 spiro atoms. The molecular formula is C24H24N4O3S. The third-order valence-corrected chi connectivity index (χ3v) is 6.02. The lowest BCUT2D eigenvalue weighted by atomic mass is 10.1. The van der Waals surface area contributed by atoms with Crippen molar-refractivity contribution in [2.45, 2.75) is 13.5 Å². The molecule has 2 N–H and O–H groups in total. The van der Waals surface area contributed by atoms with Gasteiger partial charge in [0.1, 0.15) is 16.4 Å². The molecule has 0 fully saturated rings. The van der Waals surface area contributed by atoms with Crippen LogP contribution in [0.1, 0.15) is 12.7 Å². The van der Waals surface area contributed by atoms with Crippen molar-refractivity contribution in [1.82, 2.24) is 14.9 Å². The third-order valence-electron chi connectivity index (χ3n) is 5.15. The number of H-pyrrole nitrogens is 1. The summed E-state index contributed by atoms with van der Waals surface area (Å²) in [5, 5.41) is 5.44. The van der Waals surface area contributed by atoms with Crippen LogP contribution < -0.4 is 15.6 Å². The van der Waals surface area contributed by atoms with Crippen LogP contribution in [0.3, 0.4) is 0 Å². The summed E-state index contributed by atoms with van der Waals surface area (Å²) in [6.45, 7) is 3.11. The number of para-hydroxylation sites is 2. The average molecular weight is 449 g/mol. The summed E-state index contributed by atoms with van der Waals surface area (Å²) in [6, 6.07) is 17.1. The maximum Gasteiger partial charge on any atom is 0.260 e. The van der Waals surface area contributed by atoms with Gasteiger partial charge < -0.3 is 15.0 Å². The zero-order chi connectivity index (χ0) is 22.5. The maximum atomic E-state index is 12.9. The first kappa shape index (κ1) is 21.7. The molecule has 2 heterocycles. The van der Waals surface area contributed by atoms with Crippen LogP contribution in [0.15, 0.2) is 64.8 Å². The first-order valence-electron chi connectivity index (χ1n) is 10.3. The van der Waals surface area contributed by atoms with Gasteiger partial charge in [0, 0.05) is 10.9 Å². The minimum Gasteiger partial charge on any atom is -0.495 e. The van der Waals surface area contributed by atoms with Crippen molar-refractivity contribution >= 4 is 33.1 Å². The van der Waals surface area contributed by atoms with Gasteiger partial charge in [0.2, 0.25) is 5.91 Å². The van der Waals surface area contributed by atoms with E-state index in [2.05, 4.69) is 15.3 Å². The molecule has 0 aliphatic heterocycles. The van der Waals surface area contributed by atoms with Crippen molar-refractivity contribution in [3.05, 3.63) is 76.2 Å². The summed E-state index contributed by atoms with van der Waals surface area (Å²) in [5.74, 6) is 0.977. The van der Waals surface area contributed by atoms with Crippen LogP contribution in [0, 0.1) is 0 Å². The molecule has 2 aromatic heterocycles. The van der Waals surface area contributed by atoms with Gasteiger partial charge in [-0.2, -0.15) is 0 Å². The molecule has 2 aromatic carbocycles. The molecule has 0 saturated carbocycles. The van der Waals surface area contributed by atoms with E-state index in [1.165, 1.54) is 11.3 Å². The van der Waals surface area contributed by atoms with Crippen molar-refractivity contribution in [1.29, 1.82) is 0 Å². The van der Waals surface area contributed by atoms with E-state index >= 15 is 0 Å². The molecule has 4 rings (SSSR count). The quantitative estimate of drug-likeness (QED) is 0.423. The van der Waals surface area contributed by atoms with Crippen molar-refractivity contribution in [3.8, 4) is 16.9 Å². The number of aromatic nitrogens is 2. The van der Waals surface area contributed by atoms with Crippen LogP contribution in [0.2, 0.25) is 0 Å². The zero-order valence-corrected chi connectivity index (χ0v) is 18.7. The summed E-state index contributed by atoms with van der Waals surface area (Å²) in [6.07, 6.45) is 0. The fourth-order valence-electron chi connectivity index (χ4n) is 3.53. The van der Waals surface area contributed by atoms with Crippen molar-refractivity contribution < 1.29 is 9.53 Å². The van der Waals surface area contributed by atoms with E-state index in [9.17, 15) is 9.59 Å². The Hall–Kier alpha value is -3.49. The number of likely N-dealkylation sites (N-methyl/N-ethyl adjacent to an activating group) is 1. The van der Waals surface area contributed by atoms with Crippen LogP contribution in [-0.4, -0.2) is 41.0 Å². The fraction of sp³-hybridized carbons (Fsp3) is 0.208. The second-order valence-electron chi connectivity index (χ2n) is 7.26. The summed E-state index contributed by atoms with van der Waals surface area (Å²) in [4.78, 5) is 35.6. The predicted molar refractivity (Wildman–Crippen MR) is 128 cm³/mol. The average Bonchev–Trinajstić information content (AvgIpc) is 3.24. The Bertz CT molecular complexity index is 1280. The van der Waals surface area contributed by atoms with E-state index in [1.54, 1.807) is 19.2 Å². The van der Waals surface area contributed by atoms with Gasteiger partial charge >= 0.3 is 0 Å². The van der Waals surface area contributed by atoms with Crippen LogP contribution in [0.4, 0.5) is 5.69 Å². The number of rotatable bonds is 8. The van der Waals surface area contributed by atoms with Gasteiger partial charge in [-0.25, -0.2) is 4.98 Å². The monoisotopic (exact) mass is 448 g/mol. The normalized spacial score (nSPS) is 11.1. The fourth-order valence-corrected chi connectivity index (χ4v) is 4.50. The Morgan fingerprint density at radius 2 is 1.91 bits per heavy atom. The summed E-state index contributed by atoms with van der Waals surface area (Å²) >= 11 is 1.45. The van der Waals surface area contributed by atoms with Crippen LogP contribution in [0.25, 0.3) is 21.3 Å². The minimum absolute atomic E-state index is 0.163. The molecule has 0 atom stereocenters. The number of nitrogens with zero attached hydrogens (tertiary/aromatic N) is 2. The van der Waals surface area contributed by atoms with Gasteiger partial charge in [-0.3, -0.25) is 14.5 Å². The number of methoxy groups -OCH3 is 1. The Morgan fingerprint density at radius 3 is 2.66 bits per heavy atom. The van der Waals surface area contributed by atoms with Crippen molar-refractivity contribution in [2.75, 3.05) is 25.5 Å². The number of carbonyl (C=O) groups is 1. The number of nitrogens with one attached hydrogen (secondary N) is 2.